The number of aryl methyl sites for hydroxylation is 1. The summed E-state index contributed by atoms with van der Waals surface area (Å²) in [5.74, 6) is 1.02. The fourth-order valence-electron chi connectivity index (χ4n) is 2.06. The number of nitrogens with zero attached hydrogens (tertiary/aromatic N) is 1. The molecule has 96 valence electrons. The van der Waals surface area contributed by atoms with E-state index in [-0.39, 0.29) is 0 Å². The van der Waals surface area contributed by atoms with E-state index in [0.717, 1.165) is 30.9 Å². The minimum atomic E-state index is 0.456. The average Bonchev–Trinajstić information content (AvgIpc) is 2.72. The summed E-state index contributed by atoms with van der Waals surface area (Å²) < 4.78 is 0. The molecule has 1 heterocycles. The lowest BCUT2D eigenvalue weighted by Crippen LogP contribution is -2.20. The lowest BCUT2D eigenvalue weighted by atomic mass is 10.2. The molecule has 0 bridgehead atoms. The highest BCUT2D eigenvalue weighted by Gasteiger charge is 2.45. The Balaban J connectivity index is 1.85. The Bertz CT molecular complexity index is 384. The zero-order chi connectivity index (χ0) is 12.5. The SMILES string of the molecule is CCCCc1nc(Cl)c(CNC2CC2(C)C)[nH]1. The van der Waals surface area contributed by atoms with Gasteiger partial charge in [-0.05, 0) is 18.3 Å². The highest BCUT2D eigenvalue weighted by atomic mass is 35.5. The van der Waals surface area contributed by atoms with Crippen LogP contribution in [0, 0.1) is 5.41 Å². The van der Waals surface area contributed by atoms with Gasteiger partial charge in [-0.15, -0.1) is 0 Å². The predicted octanol–water partition coefficient (Wildman–Crippen LogP) is 3.29. The number of aromatic amines is 1. The largest absolute Gasteiger partial charge is 0.344 e. The molecule has 0 aromatic carbocycles. The molecule has 3 nitrogen and oxygen atoms in total. The van der Waals surface area contributed by atoms with E-state index in [2.05, 4.69) is 36.1 Å². The van der Waals surface area contributed by atoms with Crippen molar-refractivity contribution >= 4 is 11.6 Å². The molecule has 2 rings (SSSR count). The van der Waals surface area contributed by atoms with Gasteiger partial charge < -0.3 is 10.3 Å². The van der Waals surface area contributed by atoms with Gasteiger partial charge in [0.15, 0.2) is 5.15 Å². The van der Waals surface area contributed by atoms with E-state index in [1.807, 2.05) is 0 Å². The lowest BCUT2D eigenvalue weighted by molar-refractivity contribution is 0.539. The summed E-state index contributed by atoms with van der Waals surface area (Å²) >= 11 is 6.12. The Morgan fingerprint density at radius 3 is 2.82 bits per heavy atom. The van der Waals surface area contributed by atoms with E-state index in [0.29, 0.717) is 16.6 Å². The van der Waals surface area contributed by atoms with Gasteiger partial charge in [-0.1, -0.05) is 38.8 Å². The fourth-order valence-corrected chi connectivity index (χ4v) is 2.28. The van der Waals surface area contributed by atoms with Crippen LogP contribution in [0.1, 0.15) is 51.6 Å². The molecule has 4 heteroatoms. The molecule has 1 aromatic heterocycles. The molecule has 1 unspecified atom stereocenters. The molecule has 1 aromatic rings. The second-order valence-electron chi connectivity index (χ2n) is 5.68. The summed E-state index contributed by atoms with van der Waals surface area (Å²) in [6, 6.07) is 0.626. The molecule has 0 saturated heterocycles. The number of rotatable bonds is 6. The van der Waals surface area contributed by atoms with E-state index < -0.39 is 0 Å². The Morgan fingerprint density at radius 2 is 2.24 bits per heavy atom. The molecular formula is C13H22ClN3. The Hall–Kier alpha value is -0.540. The molecule has 1 aliphatic carbocycles. The quantitative estimate of drug-likeness (QED) is 0.819. The first-order valence-electron chi connectivity index (χ1n) is 6.49. The van der Waals surface area contributed by atoms with Gasteiger partial charge >= 0.3 is 0 Å². The van der Waals surface area contributed by atoms with E-state index in [1.165, 1.54) is 12.8 Å². The summed E-state index contributed by atoms with van der Waals surface area (Å²) in [5.41, 5.74) is 1.48. The number of nitrogens with one attached hydrogen (secondary N) is 2. The van der Waals surface area contributed by atoms with E-state index in [9.17, 15) is 0 Å². The zero-order valence-corrected chi connectivity index (χ0v) is 11.7. The topological polar surface area (TPSA) is 40.7 Å². The third-order valence-electron chi connectivity index (χ3n) is 3.58. The number of imidazole rings is 1. The van der Waals surface area contributed by atoms with Gasteiger partial charge in [0.2, 0.25) is 0 Å². The van der Waals surface area contributed by atoms with Gasteiger partial charge in [0, 0.05) is 19.0 Å². The smallest absolute Gasteiger partial charge is 0.151 e. The Labute approximate surface area is 108 Å². The second-order valence-corrected chi connectivity index (χ2v) is 6.04. The lowest BCUT2D eigenvalue weighted by Gasteiger charge is -2.05. The first-order valence-corrected chi connectivity index (χ1v) is 6.87. The summed E-state index contributed by atoms with van der Waals surface area (Å²) in [6.45, 7) is 7.55. The molecule has 1 aliphatic rings. The maximum absolute atomic E-state index is 6.12. The molecular weight excluding hydrogens is 234 g/mol. The molecule has 0 amide bonds. The van der Waals surface area contributed by atoms with Gasteiger partial charge in [-0.3, -0.25) is 0 Å². The van der Waals surface area contributed by atoms with Crippen LogP contribution in [0.15, 0.2) is 0 Å². The molecule has 0 aliphatic heterocycles. The van der Waals surface area contributed by atoms with Crippen molar-refractivity contribution in [2.75, 3.05) is 0 Å². The third kappa shape index (κ3) is 3.23. The second kappa shape index (κ2) is 4.99. The van der Waals surface area contributed by atoms with Crippen LogP contribution in [0.5, 0.6) is 0 Å². The van der Waals surface area contributed by atoms with Crippen molar-refractivity contribution < 1.29 is 0 Å². The van der Waals surface area contributed by atoms with Crippen molar-refractivity contribution in [2.45, 2.75) is 59.0 Å². The summed E-state index contributed by atoms with van der Waals surface area (Å²) in [5, 5.41) is 4.14. The van der Waals surface area contributed by atoms with E-state index >= 15 is 0 Å². The summed E-state index contributed by atoms with van der Waals surface area (Å²) in [6.07, 6.45) is 4.58. The van der Waals surface area contributed by atoms with Crippen LogP contribution in [-0.2, 0) is 13.0 Å². The van der Waals surface area contributed by atoms with E-state index in [4.69, 9.17) is 11.6 Å². The van der Waals surface area contributed by atoms with Crippen LogP contribution in [0.3, 0.4) is 0 Å². The normalized spacial score (nSPS) is 21.8. The number of H-pyrrole nitrogens is 1. The number of unbranched alkanes of at least 4 members (excludes halogenated alkanes) is 1. The third-order valence-corrected chi connectivity index (χ3v) is 3.90. The van der Waals surface area contributed by atoms with Crippen LogP contribution in [0.25, 0.3) is 0 Å². The summed E-state index contributed by atoms with van der Waals surface area (Å²) in [7, 11) is 0. The van der Waals surface area contributed by atoms with Crippen molar-refractivity contribution in [3.63, 3.8) is 0 Å². The average molecular weight is 256 g/mol. The highest BCUT2D eigenvalue weighted by Crippen LogP contribution is 2.44. The Morgan fingerprint density at radius 1 is 1.53 bits per heavy atom. The minimum Gasteiger partial charge on any atom is -0.344 e. The van der Waals surface area contributed by atoms with Gasteiger partial charge in [0.05, 0.1) is 5.69 Å². The predicted molar refractivity (Wildman–Crippen MR) is 71.2 cm³/mol. The minimum absolute atomic E-state index is 0.456. The molecule has 0 spiro atoms. The summed E-state index contributed by atoms with van der Waals surface area (Å²) in [4.78, 5) is 7.67. The maximum atomic E-state index is 6.12. The van der Waals surface area contributed by atoms with Crippen molar-refractivity contribution in [3.8, 4) is 0 Å². The molecule has 2 N–H and O–H groups in total. The molecule has 1 fully saturated rings. The van der Waals surface area contributed by atoms with Crippen molar-refractivity contribution in [1.82, 2.24) is 15.3 Å². The number of hydrogen-bond acceptors (Lipinski definition) is 2. The first-order chi connectivity index (χ1) is 8.03. The number of halogens is 1. The van der Waals surface area contributed by atoms with Crippen molar-refractivity contribution in [2.24, 2.45) is 5.41 Å². The monoisotopic (exact) mass is 255 g/mol. The van der Waals surface area contributed by atoms with Crippen LogP contribution in [-0.4, -0.2) is 16.0 Å². The van der Waals surface area contributed by atoms with Crippen LogP contribution in [0.4, 0.5) is 0 Å². The van der Waals surface area contributed by atoms with E-state index in [1.54, 1.807) is 0 Å². The molecule has 1 saturated carbocycles. The molecule has 0 radical (unpaired) electrons. The van der Waals surface area contributed by atoms with Gasteiger partial charge in [0.25, 0.3) is 0 Å². The van der Waals surface area contributed by atoms with Gasteiger partial charge in [-0.25, -0.2) is 4.98 Å². The van der Waals surface area contributed by atoms with Crippen LogP contribution in [0.2, 0.25) is 5.15 Å². The Kier molecular flexibility index (Phi) is 3.79. The van der Waals surface area contributed by atoms with Crippen LogP contribution < -0.4 is 5.32 Å². The zero-order valence-electron chi connectivity index (χ0n) is 10.9. The van der Waals surface area contributed by atoms with Crippen molar-refractivity contribution in [3.05, 3.63) is 16.7 Å². The molecule has 17 heavy (non-hydrogen) atoms. The number of hydrogen-bond donors (Lipinski definition) is 2. The van der Waals surface area contributed by atoms with Crippen molar-refractivity contribution in [1.29, 1.82) is 0 Å². The number of aromatic nitrogens is 2. The highest BCUT2D eigenvalue weighted by molar-refractivity contribution is 6.30. The maximum Gasteiger partial charge on any atom is 0.151 e. The fraction of sp³-hybridized carbons (Fsp3) is 0.769. The van der Waals surface area contributed by atoms with Gasteiger partial charge in [0.1, 0.15) is 5.82 Å². The standard InChI is InChI=1S/C13H22ClN3/c1-4-5-6-11-16-9(12(14)17-11)8-15-10-7-13(10,2)3/h10,15H,4-8H2,1-3H3,(H,16,17). The van der Waals surface area contributed by atoms with Gasteiger partial charge in [-0.2, -0.15) is 0 Å². The first kappa shape index (κ1) is 12.9. The van der Waals surface area contributed by atoms with Crippen LogP contribution >= 0.6 is 11.6 Å². The molecule has 1 atom stereocenters.